The molecule has 0 fully saturated rings. The van der Waals surface area contributed by atoms with Crippen LogP contribution in [0.15, 0.2) is 18.2 Å². The Morgan fingerprint density at radius 1 is 1.43 bits per heavy atom. The first-order chi connectivity index (χ1) is 6.72. The van der Waals surface area contributed by atoms with Gasteiger partial charge in [-0.25, -0.2) is 0 Å². The van der Waals surface area contributed by atoms with Gasteiger partial charge in [0.05, 0.1) is 0 Å². The first-order valence-electron chi connectivity index (χ1n) is 5.49. The molecule has 1 aliphatic rings. The maximum Gasteiger partial charge on any atom is 0.0105 e. The fraction of sp³-hybridized carbons (Fsp3) is 0.538. The summed E-state index contributed by atoms with van der Waals surface area (Å²) < 4.78 is 0. The lowest BCUT2D eigenvalue weighted by molar-refractivity contribution is 0.492. The number of nitrogens with one attached hydrogen (secondary N) is 1. The summed E-state index contributed by atoms with van der Waals surface area (Å²) in [6.45, 7) is 4.46. The number of benzene rings is 1. The van der Waals surface area contributed by atoms with Crippen molar-refractivity contribution < 1.29 is 0 Å². The van der Waals surface area contributed by atoms with E-state index >= 15 is 0 Å². The highest BCUT2D eigenvalue weighted by molar-refractivity contribution is 5.38. The first-order valence-corrected chi connectivity index (χ1v) is 5.49. The van der Waals surface area contributed by atoms with Crippen LogP contribution in [0.3, 0.4) is 0 Å². The van der Waals surface area contributed by atoms with E-state index in [-0.39, 0.29) is 0 Å². The average molecular weight is 189 g/mol. The topological polar surface area (TPSA) is 12.0 Å². The molecule has 0 aliphatic heterocycles. The normalized spacial score (nSPS) is 22.1. The third-order valence-corrected chi connectivity index (χ3v) is 3.48. The van der Waals surface area contributed by atoms with Gasteiger partial charge in [0.25, 0.3) is 0 Å². The minimum atomic E-state index is 0.595. The lowest BCUT2D eigenvalue weighted by Crippen LogP contribution is -2.27. The molecule has 2 rings (SSSR count). The van der Waals surface area contributed by atoms with Crippen LogP contribution in [0.1, 0.15) is 36.0 Å². The Morgan fingerprint density at radius 3 is 2.93 bits per heavy atom. The zero-order chi connectivity index (χ0) is 10.1. The molecule has 1 heteroatoms. The van der Waals surface area contributed by atoms with Crippen molar-refractivity contribution in [2.24, 2.45) is 0 Å². The van der Waals surface area contributed by atoms with Crippen molar-refractivity contribution in [2.45, 2.75) is 38.6 Å². The van der Waals surface area contributed by atoms with E-state index < -0.39 is 0 Å². The average Bonchev–Trinajstić information content (AvgIpc) is 2.59. The van der Waals surface area contributed by atoms with E-state index in [4.69, 9.17) is 0 Å². The van der Waals surface area contributed by atoms with Crippen LogP contribution < -0.4 is 5.32 Å². The quantitative estimate of drug-likeness (QED) is 0.754. The second kappa shape index (κ2) is 3.74. The zero-order valence-corrected chi connectivity index (χ0v) is 9.30. The minimum absolute atomic E-state index is 0.595. The lowest BCUT2D eigenvalue weighted by atomic mass is 9.93. The summed E-state index contributed by atoms with van der Waals surface area (Å²) in [5, 5.41) is 3.37. The molecule has 0 spiro atoms. The van der Waals surface area contributed by atoms with Gasteiger partial charge in [-0.2, -0.15) is 0 Å². The van der Waals surface area contributed by atoms with Crippen molar-refractivity contribution in [1.29, 1.82) is 0 Å². The number of rotatable bonds is 2. The summed E-state index contributed by atoms with van der Waals surface area (Å²) in [7, 11) is 2.05. The molecule has 1 nitrogen and oxygen atoms in total. The molecule has 1 aliphatic carbocycles. The van der Waals surface area contributed by atoms with Crippen LogP contribution >= 0.6 is 0 Å². The summed E-state index contributed by atoms with van der Waals surface area (Å²) in [5.41, 5.74) is 4.52. The Labute approximate surface area is 86.5 Å². The fourth-order valence-electron chi connectivity index (χ4n) is 2.47. The number of likely N-dealkylation sites (N-methyl/N-ethyl adjacent to an activating group) is 1. The summed E-state index contributed by atoms with van der Waals surface area (Å²) >= 11 is 0. The third kappa shape index (κ3) is 1.57. The Bertz CT molecular complexity index is 330. The van der Waals surface area contributed by atoms with Crippen LogP contribution in [0.2, 0.25) is 0 Å². The van der Waals surface area contributed by atoms with Gasteiger partial charge in [-0.05, 0) is 50.8 Å². The van der Waals surface area contributed by atoms with Gasteiger partial charge in [0.2, 0.25) is 0 Å². The van der Waals surface area contributed by atoms with Crippen LogP contribution in [0.5, 0.6) is 0 Å². The van der Waals surface area contributed by atoms with Crippen molar-refractivity contribution in [2.75, 3.05) is 7.05 Å². The highest BCUT2D eigenvalue weighted by atomic mass is 14.9. The highest BCUT2D eigenvalue weighted by Crippen LogP contribution is 2.35. The van der Waals surface area contributed by atoms with Crippen molar-refractivity contribution in [3.8, 4) is 0 Å². The summed E-state index contributed by atoms with van der Waals surface area (Å²) in [6.07, 6.45) is 2.56. The third-order valence-electron chi connectivity index (χ3n) is 3.48. The van der Waals surface area contributed by atoms with Gasteiger partial charge in [0.15, 0.2) is 0 Å². The van der Waals surface area contributed by atoms with Gasteiger partial charge >= 0.3 is 0 Å². The van der Waals surface area contributed by atoms with Crippen molar-refractivity contribution in [1.82, 2.24) is 5.32 Å². The molecule has 2 atom stereocenters. The number of hydrogen-bond donors (Lipinski definition) is 1. The SMILES string of the molecule is CNC(C)C1CCc2ccc(C)cc21. The zero-order valence-electron chi connectivity index (χ0n) is 9.30. The molecule has 76 valence electrons. The largest absolute Gasteiger partial charge is 0.317 e. The minimum Gasteiger partial charge on any atom is -0.317 e. The molecule has 1 N–H and O–H groups in total. The van der Waals surface area contributed by atoms with E-state index in [0.29, 0.717) is 6.04 Å². The maximum absolute atomic E-state index is 3.37. The van der Waals surface area contributed by atoms with Crippen LogP contribution in [0, 0.1) is 6.92 Å². The van der Waals surface area contributed by atoms with Gasteiger partial charge in [-0.15, -0.1) is 0 Å². The smallest absolute Gasteiger partial charge is 0.0105 e. The van der Waals surface area contributed by atoms with E-state index in [9.17, 15) is 0 Å². The monoisotopic (exact) mass is 189 g/mol. The lowest BCUT2D eigenvalue weighted by Gasteiger charge is -2.19. The molecule has 0 saturated carbocycles. The van der Waals surface area contributed by atoms with Crippen LogP contribution in [-0.2, 0) is 6.42 Å². The summed E-state index contributed by atoms with van der Waals surface area (Å²) in [5.74, 6) is 0.717. The molecule has 1 aromatic carbocycles. The second-order valence-electron chi connectivity index (χ2n) is 4.42. The standard InChI is InChI=1S/C13H19N/c1-9-4-5-11-6-7-12(10(2)14-3)13(11)8-9/h4-5,8,10,12,14H,6-7H2,1-3H3. The predicted molar refractivity (Wildman–Crippen MR) is 60.8 cm³/mol. The Morgan fingerprint density at radius 2 is 2.21 bits per heavy atom. The molecule has 0 bridgehead atoms. The molecule has 14 heavy (non-hydrogen) atoms. The molecule has 0 radical (unpaired) electrons. The molecule has 0 saturated heterocycles. The number of aryl methyl sites for hydroxylation is 2. The maximum atomic E-state index is 3.37. The first kappa shape index (κ1) is 9.72. The molecular weight excluding hydrogens is 170 g/mol. The Balaban J connectivity index is 2.33. The molecule has 0 heterocycles. The van der Waals surface area contributed by atoms with Crippen LogP contribution in [-0.4, -0.2) is 13.1 Å². The van der Waals surface area contributed by atoms with Crippen LogP contribution in [0.4, 0.5) is 0 Å². The van der Waals surface area contributed by atoms with E-state index in [2.05, 4.69) is 44.4 Å². The van der Waals surface area contributed by atoms with Crippen LogP contribution in [0.25, 0.3) is 0 Å². The fourth-order valence-corrected chi connectivity index (χ4v) is 2.47. The number of fused-ring (bicyclic) bond motifs is 1. The van der Waals surface area contributed by atoms with E-state index in [1.165, 1.54) is 18.4 Å². The van der Waals surface area contributed by atoms with E-state index in [1.54, 1.807) is 11.1 Å². The molecular formula is C13H19N. The van der Waals surface area contributed by atoms with E-state index in [0.717, 1.165) is 5.92 Å². The summed E-state index contributed by atoms with van der Waals surface area (Å²) in [4.78, 5) is 0. The summed E-state index contributed by atoms with van der Waals surface area (Å²) in [6, 6.07) is 7.48. The van der Waals surface area contributed by atoms with E-state index in [1.807, 2.05) is 0 Å². The van der Waals surface area contributed by atoms with Crippen molar-refractivity contribution in [3.63, 3.8) is 0 Å². The van der Waals surface area contributed by atoms with Gasteiger partial charge < -0.3 is 5.32 Å². The van der Waals surface area contributed by atoms with Gasteiger partial charge in [-0.1, -0.05) is 23.8 Å². The Hall–Kier alpha value is -0.820. The van der Waals surface area contributed by atoms with Crippen molar-refractivity contribution >= 4 is 0 Å². The predicted octanol–water partition coefficient (Wildman–Crippen LogP) is 2.63. The van der Waals surface area contributed by atoms with Gasteiger partial charge in [0.1, 0.15) is 0 Å². The van der Waals surface area contributed by atoms with Gasteiger partial charge in [0, 0.05) is 6.04 Å². The Kier molecular flexibility index (Phi) is 2.60. The van der Waals surface area contributed by atoms with Gasteiger partial charge in [-0.3, -0.25) is 0 Å². The van der Waals surface area contributed by atoms with Crippen molar-refractivity contribution in [3.05, 3.63) is 34.9 Å². The second-order valence-corrected chi connectivity index (χ2v) is 4.42. The number of hydrogen-bond acceptors (Lipinski definition) is 1. The molecule has 0 amide bonds. The molecule has 1 aromatic rings. The highest BCUT2D eigenvalue weighted by Gasteiger charge is 2.26. The molecule has 2 unspecified atom stereocenters. The molecule has 0 aromatic heterocycles.